The van der Waals surface area contributed by atoms with Gasteiger partial charge >= 0.3 is 0 Å². The van der Waals surface area contributed by atoms with E-state index in [2.05, 4.69) is 37.7 Å². The summed E-state index contributed by atoms with van der Waals surface area (Å²) in [6, 6.07) is 4.38. The lowest BCUT2D eigenvalue weighted by atomic mass is 10.2. The molecule has 120 valence electrons. The number of nitrogens with zero attached hydrogens (tertiary/aromatic N) is 3. The van der Waals surface area contributed by atoms with Crippen molar-refractivity contribution in [1.82, 2.24) is 14.8 Å². The van der Waals surface area contributed by atoms with Crippen molar-refractivity contribution >= 4 is 22.7 Å². The third kappa shape index (κ3) is 4.60. The van der Waals surface area contributed by atoms with E-state index in [9.17, 15) is 0 Å². The van der Waals surface area contributed by atoms with E-state index in [1.165, 1.54) is 36.6 Å². The molecule has 0 bridgehead atoms. The fourth-order valence-corrected chi connectivity index (χ4v) is 4.19. The van der Waals surface area contributed by atoms with Crippen molar-refractivity contribution in [3.05, 3.63) is 38.5 Å². The van der Waals surface area contributed by atoms with Crippen LogP contribution in [0, 0.1) is 0 Å². The standard InChI is InChI=1S/C16H23N3OS2/c1-20-12-16-17-14(13-22-16)11-19-8-6-18(7-9-19)5-4-15-3-2-10-21-15/h2-3,10,13H,4-9,11-12H2,1H3. The summed E-state index contributed by atoms with van der Waals surface area (Å²) < 4.78 is 5.13. The van der Waals surface area contributed by atoms with E-state index in [1.807, 2.05) is 11.3 Å². The number of thiophene rings is 1. The van der Waals surface area contributed by atoms with Crippen LogP contribution in [0.3, 0.4) is 0 Å². The number of methoxy groups -OCH3 is 1. The van der Waals surface area contributed by atoms with Gasteiger partial charge in [-0.2, -0.15) is 0 Å². The van der Waals surface area contributed by atoms with Crippen LogP contribution < -0.4 is 0 Å². The number of aromatic nitrogens is 1. The molecule has 6 heteroatoms. The molecule has 0 N–H and O–H groups in total. The van der Waals surface area contributed by atoms with Crippen LogP contribution in [0.15, 0.2) is 22.9 Å². The Morgan fingerprint density at radius 2 is 2.00 bits per heavy atom. The van der Waals surface area contributed by atoms with Crippen LogP contribution in [0.25, 0.3) is 0 Å². The van der Waals surface area contributed by atoms with Gasteiger partial charge in [0, 0.05) is 56.6 Å². The van der Waals surface area contributed by atoms with Gasteiger partial charge in [-0.25, -0.2) is 4.98 Å². The highest BCUT2D eigenvalue weighted by Crippen LogP contribution is 2.15. The predicted octanol–water partition coefficient (Wildman–Crippen LogP) is 2.71. The third-order valence-corrected chi connectivity index (χ3v) is 5.78. The molecule has 1 aliphatic rings. The van der Waals surface area contributed by atoms with Gasteiger partial charge in [-0.05, 0) is 17.9 Å². The van der Waals surface area contributed by atoms with E-state index in [0.717, 1.165) is 24.6 Å². The lowest BCUT2D eigenvalue weighted by Crippen LogP contribution is -2.46. The largest absolute Gasteiger partial charge is 0.378 e. The summed E-state index contributed by atoms with van der Waals surface area (Å²) in [5, 5.41) is 5.41. The smallest absolute Gasteiger partial charge is 0.119 e. The minimum absolute atomic E-state index is 0.626. The van der Waals surface area contributed by atoms with Crippen molar-refractivity contribution in [2.24, 2.45) is 0 Å². The maximum absolute atomic E-state index is 5.13. The molecule has 4 nitrogen and oxygen atoms in total. The van der Waals surface area contributed by atoms with Gasteiger partial charge in [-0.3, -0.25) is 4.90 Å². The average molecular weight is 338 g/mol. The van der Waals surface area contributed by atoms with Gasteiger partial charge in [0.2, 0.25) is 0 Å². The molecule has 1 saturated heterocycles. The Hall–Kier alpha value is -0.790. The van der Waals surface area contributed by atoms with Crippen LogP contribution in [0.1, 0.15) is 15.6 Å². The van der Waals surface area contributed by atoms with Crippen LogP contribution in [0.5, 0.6) is 0 Å². The highest BCUT2D eigenvalue weighted by molar-refractivity contribution is 7.10. The van der Waals surface area contributed by atoms with Gasteiger partial charge in [0.15, 0.2) is 0 Å². The number of rotatable bonds is 7. The predicted molar refractivity (Wildman–Crippen MR) is 92.6 cm³/mol. The van der Waals surface area contributed by atoms with Crippen molar-refractivity contribution < 1.29 is 4.74 Å². The van der Waals surface area contributed by atoms with Crippen molar-refractivity contribution in [3.63, 3.8) is 0 Å². The first-order valence-electron chi connectivity index (χ1n) is 7.73. The fourth-order valence-electron chi connectivity index (χ4n) is 2.73. The van der Waals surface area contributed by atoms with Crippen LogP contribution in [-0.2, 0) is 24.3 Å². The lowest BCUT2D eigenvalue weighted by Gasteiger charge is -2.34. The summed E-state index contributed by atoms with van der Waals surface area (Å²) in [6.45, 7) is 7.40. The topological polar surface area (TPSA) is 28.6 Å². The zero-order chi connectivity index (χ0) is 15.2. The Kier molecular flexibility index (Phi) is 5.97. The monoisotopic (exact) mass is 337 g/mol. The summed E-state index contributed by atoms with van der Waals surface area (Å²) in [5.74, 6) is 0. The molecule has 0 radical (unpaired) electrons. The van der Waals surface area contributed by atoms with Crippen molar-refractivity contribution in [3.8, 4) is 0 Å². The zero-order valence-corrected chi connectivity index (χ0v) is 14.7. The minimum Gasteiger partial charge on any atom is -0.378 e. The highest BCUT2D eigenvalue weighted by Gasteiger charge is 2.17. The maximum Gasteiger partial charge on any atom is 0.119 e. The summed E-state index contributed by atoms with van der Waals surface area (Å²) in [6.07, 6.45) is 1.18. The molecule has 0 amide bonds. The Bertz CT molecular complexity index is 548. The first kappa shape index (κ1) is 16.1. The van der Waals surface area contributed by atoms with E-state index < -0.39 is 0 Å². The fraction of sp³-hybridized carbons (Fsp3) is 0.562. The quantitative estimate of drug-likeness (QED) is 0.777. The van der Waals surface area contributed by atoms with E-state index >= 15 is 0 Å². The zero-order valence-electron chi connectivity index (χ0n) is 13.0. The molecule has 0 aromatic carbocycles. The molecule has 3 rings (SSSR count). The van der Waals surface area contributed by atoms with Crippen LogP contribution in [-0.4, -0.2) is 54.6 Å². The highest BCUT2D eigenvalue weighted by atomic mass is 32.1. The van der Waals surface area contributed by atoms with Crippen LogP contribution in [0.4, 0.5) is 0 Å². The normalized spacial score (nSPS) is 17.1. The molecule has 0 atom stereocenters. The SMILES string of the molecule is COCc1nc(CN2CCN(CCc3cccs3)CC2)cs1. The van der Waals surface area contributed by atoms with Crippen molar-refractivity contribution in [1.29, 1.82) is 0 Å². The van der Waals surface area contributed by atoms with Gasteiger partial charge in [-0.1, -0.05) is 6.07 Å². The molecule has 0 spiro atoms. The van der Waals surface area contributed by atoms with E-state index in [4.69, 9.17) is 4.74 Å². The first-order valence-corrected chi connectivity index (χ1v) is 9.49. The second-order valence-corrected chi connectivity index (χ2v) is 7.59. The number of piperazine rings is 1. The van der Waals surface area contributed by atoms with Crippen LogP contribution >= 0.6 is 22.7 Å². The van der Waals surface area contributed by atoms with Gasteiger partial charge < -0.3 is 9.64 Å². The second-order valence-electron chi connectivity index (χ2n) is 5.61. The number of hydrogen-bond acceptors (Lipinski definition) is 6. The Morgan fingerprint density at radius 1 is 1.18 bits per heavy atom. The minimum atomic E-state index is 0.626. The molecule has 3 heterocycles. The van der Waals surface area contributed by atoms with E-state index in [0.29, 0.717) is 6.61 Å². The summed E-state index contributed by atoms with van der Waals surface area (Å²) in [7, 11) is 1.72. The molecule has 2 aromatic heterocycles. The Balaban J connectivity index is 1.39. The first-order chi connectivity index (χ1) is 10.8. The van der Waals surface area contributed by atoms with Crippen molar-refractivity contribution in [2.45, 2.75) is 19.6 Å². The second kappa shape index (κ2) is 8.17. The number of hydrogen-bond donors (Lipinski definition) is 0. The Labute approximate surface area is 140 Å². The molecule has 22 heavy (non-hydrogen) atoms. The molecule has 1 aliphatic heterocycles. The number of thiazole rings is 1. The maximum atomic E-state index is 5.13. The molecule has 0 saturated carbocycles. The molecule has 0 unspecified atom stereocenters. The lowest BCUT2D eigenvalue weighted by molar-refractivity contribution is 0.127. The molecule has 0 aliphatic carbocycles. The summed E-state index contributed by atoms with van der Waals surface area (Å²) in [4.78, 5) is 11.2. The average Bonchev–Trinajstić information content (AvgIpc) is 3.19. The number of ether oxygens (including phenoxy) is 1. The van der Waals surface area contributed by atoms with Gasteiger partial charge in [0.05, 0.1) is 12.3 Å². The summed E-state index contributed by atoms with van der Waals surface area (Å²) >= 11 is 3.56. The van der Waals surface area contributed by atoms with Gasteiger partial charge in [0.1, 0.15) is 5.01 Å². The van der Waals surface area contributed by atoms with E-state index in [-0.39, 0.29) is 0 Å². The molecular formula is C16H23N3OS2. The molecule has 2 aromatic rings. The van der Waals surface area contributed by atoms with Crippen molar-refractivity contribution in [2.75, 3.05) is 39.8 Å². The van der Waals surface area contributed by atoms with E-state index in [1.54, 1.807) is 18.4 Å². The summed E-state index contributed by atoms with van der Waals surface area (Å²) in [5.41, 5.74) is 1.18. The van der Waals surface area contributed by atoms with Crippen LogP contribution in [0.2, 0.25) is 0 Å². The van der Waals surface area contributed by atoms with Gasteiger partial charge in [-0.15, -0.1) is 22.7 Å². The Morgan fingerprint density at radius 3 is 2.73 bits per heavy atom. The molecular weight excluding hydrogens is 314 g/mol. The third-order valence-electron chi connectivity index (χ3n) is 3.97. The molecule has 1 fully saturated rings. The van der Waals surface area contributed by atoms with Gasteiger partial charge in [0.25, 0.3) is 0 Å².